The van der Waals surface area contributed by atoms with E-state index in [0.29, 0.717) is 0 Å². The SMILES string of the molecule is CC(C)CC1CCCC(CN)C1C. The van der Waals surface area contributed by atoms with Crippen molar-refractivity contribution in [3.63, 3.8) is 0 Å². The fourth-order valence-electron chi connectivity index (χ4n) is 2.82. The molecule has 0 heterocycles. The fourth-order valence-corrected chi connectivity index (χ4v) is 2.82. The van der Waals surface area contributed by atoms with E-state index in [1.54, 1.807) is 0 Å². The lowest BCUT2D eigenvalue weighted by Gasteiger charge is -2.36. The summed E-state index contributed by atoms with van der Waals surface area (Å²) in [5.41, 5.74) is 5.79. The molecule has 1 saturated carbocycles. The molecule has 1 aliphatic rings. The van der Waals surface area contributed by atoms with Crippen LogP contribution in [0.2, 0.25) is 0 Å². The van der Waals surface area contributed by atoms with Crippen molar-refractivity contribution in [2.24, 2.45) is 29.4 Å². The van der Waals surface area contributed by atoms with E-state index < -0.39 is 0 Å². The van der Waals surface area contributed by atoms with Gasteiger partial charge < -0.3 is 5.73 Å². The molecule has 3 unspecified atom stereocenters. The van der Waals surface area contributed by atoms with Gasteiger partial charge in [0.1, 0.15) is 0 Å². The van der Waals surface area contributed by atoms with Crippen molar-refractivity contribution in [1.29, 1.82) is 0 Å². The Balaban J connectivity index is 2.44. The summed E-state index contributed by atoms with van der Waals surface area (Å²) in [5, 5.41) is 0. The Kier molecular flexibility index (Phi) is 4.24. The average Bonchev–Trinajstić information content (AvgIpc) is 2.08. The van der Waals surface area contributed by atoms with E-state index in [1.165, 1.54) is 25.7 Å². The zero-order valence-electron chi connectivity index (χ0n) is 9.42. The van der Waals surface area contributed by atoms with Crippen molar-refractivity contribution < 1.29 is 0 Å². The molecular formula is C12H25N. The second-order valence-corrected chi connectivity index (χ2v) is 5.18. The van der Waals surface area contributed by atoms with Gasteiger partial charge in [-0.25, -0.2) is 0 Å². The van der Waals surface area contributed by atoms with Crippen LogP contribution in [0.3, 0.4) is 0 Å². The first-order valence-electron chi connectivity index (χ1n) is 5.85. The summed E-state index contributed by atoms with van der Waals surface area (Å²) in [6.45, 7) is 7.97. The molecule has 13 heavy (non-hydrogen) atoms. The van der Waals surface area contributed by atoms with Gasteiger partial charge in [-0.3, -0.25) is 0 Å². The van der Waals surface area contributed by atoms with Gasteiger partial charge in [-0.1, -0.05) is 33.6 Å². The zero-order valence-corrected chi connectivity index (χ0v) is 9.42. The highest BCUT2D eigenvalue weighted by Gasteiger charge is 2.28. The van der Waals surface area contributed by atoms with E-state index in [0.717, 1.165) is 30.2 Å². The highest BCUT2D eigenvalue weighted by atomic mass is 14.6. The Bertz CT molecular complexity index is 142. The number of rotatable bonds is 3. The van der Waals surface area contributed by atoms with Crippen LogP contribution in [0.25, 0.3) is 0 Å². The van der Waals surface area contributed by atoms with Crippen LogP contribution < -0.4 is 5.73 Å². The summed E-state index contributed by atoms with van der Waals surface area (Å²) in [6.07, 6.45) is 5.61. The maximum atomic E-state index is 5.79. The van der Waals surface area contributed by atoms with E-state index in [9.17, 15) is 0 Å². The van der Waals surface area contributed by atoms with Gasteiger partial charge in [0.05, 0.1) is 0 Å². The van der Waals surface area contributed by atoms with Crippen molar-refractivity contribution in [3.8, 4) is 0 Å². The van der Waals surface area contributed by atoms with Crippen molar-refractivity contribution in [2.75, 3.05) is 6.54 Å². The maximum Gasteiger partial charge on any atom is -0.00462 e. The smallest absolute Gasteiger partial charge is 0.00462 e. The Morgan fingerprint density at radius 3 is 2.38 bits per heavy atom. The quantitative estimate of drug-likeness (QED) is 0.715. The van der Waals surface area contributed by atoms with E-state index in [-0.39, 0.29) is 0 Å². The molecule has 0 aromatic heterocycles. The van der Waals surface area contributed by atoms with Crippen molar-refractivity contribution in [2.45, 2.75) is 46.5 Å². The topological polar surface area (TPSA) is 26.0 Å². The van der Waals surface area contributed by atoms with Crippen LogP contribution in [-0.2, 0) is 0 Å². The molecule has 1 heteroatoms. The predicted molar refractivity (Wildman–Crippen MR) is 58.5 cm³/mol. The molecule has 1 rings (SSSR count). The van der Waals surface area contributed by atoms with Gasteiger partial charge in [-0.05, 0) is 43.1 Å². The molecule has 1 nitrogen and oxygen atoms in total. The van der Waals surface area contributed by atoms with Crippen LogP contribution >= 0.6 is 0 Å². The van der Waals surface area contributed by atoms with Crippen molar-refractivity contribution in [1.82, 2.24) is 0 Å². The monoisotopic (exact) mass is 183 g/mol. The molecule has 0 aromatic rings. The fraction of sp³-hybridized carbons (Fsp3) is 1.00. The molecule has 0 bridgehead atoms. The number of nitrogens with two attached hydrogens (primary N) is 1. The lowest BCUT2D eigenvalue weighted by molar-refractivity contribution is 0.152. The average molecular weight is 183 g/mol. The van der Waals surface area contributed by atoms with E-state index in [1.807, 2.05) is 0 Å². The summed E-state index contributed by atoms with van der Waals surface area (Å²) < 4.78 is 0. The van der Waals surface area contributed by atoms with Crippen LogP contribution in [0.15, 0.2) is 0 Å². The van der Waals surface area contributed by atoms with Crippen LogP contribution in [0.1, 0.15) is 46.5 Å². The molecule has 1 aliphatic carbocycles. The van der Waals surface area contributed by atoms with Crippen LogP contribution in [0.5, 0.6) is 0 Å². The van der Waals surface area contributed by atoms with Crippen LogP contribution in [0.4, 0.5) is 0 Å². The third kappa shape index (κ3) is 2.98. The van der Waals surface area contributed by atoms with Gasteiger partial charge in [-0.15, -0.1) is 0 Å². The van der Waals surface area contributed by atoms with E-state index >= 15 is 0 Å². The first-order chi connectivity index (χ1) is 6.15. The Labute approximate surface area is 83.1 Å². The van der Waals surface area contributed by atoms with Gasteiger partial charge in [0.2, 0.25) is 0 Å². The normalized spacial score (nSPS) is 35.3. The Morgan fingerprint density at radius 2 is 1.85 bits per heavy atom. The molecule has 2 N–H and O–H groups in total. The molecule has 0 amide bonds. The van der Waals surface area contributed by atoms with Gasteiger partial charge in [0.15, 0.2) is 0 Å². The third-order valence-electron chi connectivity index (χ3n) is 3.71. The molecule has 78 valence electrons. The lowest BCUT2D eigenvalue weighted by atomic mass is 9.70. The minimum atomic E-state index is 0.803. The van der Waals surface area contributed by atoms with Gasteiger partial charge in [-0.2, -0.15) is 0 Å². The first kappa shape index (κ1) is 11.0. The largest absolute Gasteiger partial charge is 0.330 e. The molecule has 1 fully saturated rings. The Morgan fingerprint density at radius 1 is 1.23 bits per heavy atom. The van der Waals surface area contributed by atoms with Crippen molar-refractivity contribution in [3.05, 3.63) is 0 Å². The summed E-state index contributed by atoms with van der Waals surface area (Å²) in [4.78, 5) is 0. The Hall–Kier alpha value is -0.0400. The maximum absolute atomic E-state index is 5.79. The molecule has 0 spiro atoms. The zero-order chi connectivity index (χ0) is 9.84. The highest BCUT2D eigenvalue weighted by molar-refractivity contribution is 4.80. The summed E-state index contributed by atoms with van der Waals surface area (Å²) in [6, 6.07) is 0. The molecule has 0 aromatic carbocycles. The van der Waals surface area contributed by atoms with E-state index in [2.05, 4.69) is 20.8 Å². The van der Waals surface area contributed by atoms with Crippen LogP contribution in [-0.4, -0.2) is 6.54 Å². The molecule has 0 aliphatic heterocycles. The standard InChI is InChI=1S/C12H25N/c1-9(2)7-11-5-4-6-12(8-13)10(11)3/h9-12H,4-8,13H2,1-3H3. The van der Waals surface area contributed by atoms with Gasteiger partial charge in [0, 0.05) is 0 Å². The molecule has 0 radical (unpaired) electrons. The number of hydrogen-bond donors (Lipinski definition) is 1. The van der Waals surface area contributed by atoms with Gasteiger partial charge >= 0.3 is 0 Å². The number of hydrogen-bond acceptors (Lipinski definition) is 1. The molecule has 3 atom stereocenters. The third-order valence-corrected chi connectivity index (χ3v) is 3.71. The molecular weight excluding hydrogens is 158 g/mol. The first-order valence-corrected chi connectivity index (χ1v) is 5.85. The predicted octanol–water partition coefficient (Wildman–Crippen LogP) is 3.04. The second-order valence-electron chi connectivity index (χ2n) is 5.18. The lowest BCUT2D eigenvalue weighted by Crippen LogP contribution is -2.31. The second kappa shape index (κ2) is 4.99. The van der Waals surface area contributed by atoms with E-state index in [4.69, 9.17) is 5.73 Å². The molecule has 0 saturated heterocycles. The minimum Gasteiger partial charge on any atom is -0.330 e. The van der Waals surface area contributed by atoms with Crippen molar-refractivity contribution >= 4 is 0 Å². The summed E-state index contributed by atoms with van der Waals surface area (Å²) in [5.74, 6) is 3.46. The highest BCUT2D eigenvalue weighted by Crippen LogP contribution is 2.37. The van der Waals surface area contributed by atoms with Crippen LogP contribution in [0, 0.1) is 23.7 Å². The summed E-state index contributed by atoms with van der Waals surface area (Å²) in [7, 11) is 0. The van der Waals surface area contributed by atoms with Gasteiger partial charge in [0.25, 0.3) is 0 Å². The summed E-state index contributed by atoms with van der Waals surface area (Å²) >= 11 is 0. The minimum absolute atomic E-state index is 0.803.